The van der Waals surface area contributed by atoms with Gasteiger partial charge in [-0.15, -0.1) is 0 Å². The van der Waals surface area contributed by atoms with E-state index in [2.05, 4.69) is 34.9 Å². The molecule has 7 heteroatoms. The monoisotopic (exact) mass is 413 g/mol. The molecular weight excluding hydrogens is 385 g/mol. The molecule has 0 aliphatic carbocycles. The Kier molecular flexibility index (Phi) is 5.26. The lowest BCUT2D eigenvalue weighted by atomic mass is 9.92. The van der Waals surface area contributed by atoms with Gasteiger partial charge in [-0.2, -0.15) is 4.98 Å². The standard InChI is InChI=1S/C22H28N3O3P/c1-15-21(26)25-20(24-15)19(29(27)11-10-22(2,3)14-28-29)9-8-16-12-17-6-4-5-7-18(17)23-13-16/h4-7,12-13,19,26H,8-11,14H2,1-3H3,(H,24,25). The van der Waals surface area contributed by atoms with Gasteiger partial charge in [-0.3, -0.25) is 9.55 Å². The summed E-state index contributed by atoms with van der Waals surface area (Å²) in [5.74, 6) is 0.512. The van der Waals surface area contributed by atoms with E-state index in [1.54, 1.807) is 6.92 Å². The number of aromatic amines is 1. The third-order valence-corrected chi connectivity index (χ3v) is 8.66. The first-order valence-corrected chi connectivity index (χ1v) is 12.0. The van der Waals surface area contributed by atoms with Crippen LogP contribution in [-0.2, 0) is 15.5 Å². The number of H-pyrrole nitrogens is 1. The number of nitrogens with zero attached hydrogens (tertiary/aromatic N) is 2. The number of aryl methyl sites for hydroxylation is 2. The van der Waals surface area contributed by atoms with Crippen molar-refractivity contribution in [1.82, 2.24) is 15.0 Å². The van der Waals surface area contributed by atoms with E-state index in [0.717, 1.165) is 22.9 Å². The van der Waals surface area contributed by atoms with Gasteiger partial charge in [-0.25, -0.2) is 0 Å². The Morgan fingerprint density at radius 2 is 2.14 bits per heavy atom. The summed E-state index contributed by atoms with van der Waals surface area (Å²) in [5.41, 5.74) is 2.29. The van der Waals surface area contributed by atoms with Crippen LogP contribution >= 0.6 is 7.37 Å². The SMILES string of the molecule is Cc1[nH]c(C(CCc2cnc3ccccc3c2)P2(=O)CCC(C)(C)CO2)nc1O. The molecule has 0 amide bonds. The van der Waals surface area contributed by atoms with Gasteiger partial charge in [0, 0.05) is 17.7 Å². The lowest BCUT2D eigenvalue weighted by Gasteiger charge is -2.37. The molecule has 2 unspecified atom stereocenters. The molecule has 0 saturated carbocycles. The summed E-state index contributed by atoms with van der Waals surface area (Å²) in [6.07, 6.45) is 4.58. The molecule has 3 heterocycles. The average molecular weight is 413 g/mol. The van der Waals surface area contributed by atoms with Crippen molar-refractivity contribution in [3.05, 3.63) is 53.6 Å². The van der Waals surface area contributed by atoms with E-state index in [9.17, 15) is 9.67 Å². The molecule has 1 aliphatic rings. The van der Waals surface area contributed by atoms with Crippen molar-refractivity contribution in [2.75, 3.05) is 12.8 Å². The lowest BCUT2D eigenvalue weighted by Crippen LogP contribution is -2.27. The molecular formula is C22H28N3O3P. The van der Waals surface area contributed by atoms with Crippen LogP contribution in [-0.4, -0.2) is 32.8 Å². The molecule has 1 saturated heterocycles. The summed E-state index contributed by atoms with van der Waals surface area (Å²) in [4.78, 5) is 11.9. The average Bonchev–Trinajstić information content (AvgIpc) is 3.02. The lowest BCUT2D eigenvalue weighted by molar-refractivity contribution is 0.151. The zero-order valence-corrected chi connectivity index (χ0v) is 18.1. The van der Waals surface area contributed by atoms with E-state index in [1.807, 2.05) is 30.5 Å². The normalized spacial score (nSPS) is 22.6. The molecule has 154 valence electrons. The molecule has 0 bridgehead atoms. The van der Waals surface area contributed by atoms with Crippen molar-refractivity contribution >= 4 is 18.3 Å². The highest BCUT2D eigenvalue weighted by atomic mass is 31.2. The van der Waals surface area contributed by atoms with Crippen LogP contribution in [0.15, 0.2) is 36.5 Å². The minimum absolute atomic E-state index is 0.0297. The van der Waals surface area contributed by atoms with Crippen LogP contribution in [0, 0.1) is 12.3 Å². The van der Waals surface area contributed by atoms with Crippen LogP contribution in [0.2, 0.25) is 0 Å². The molecule has 0 spiro atoms. The Labute approximate surface area is 171 Å². The Balaban J connectivity index is 1.60. The second kappa shape index (κ2) is 7.58. The third kappa shape index (κ3) is 4.24. The number of pyridine rings is 1. The molecule has 1 aromatic carbocycles. The van der Waals surface area contributed by atoms with Gasteiger partial charge in [0.1, 0.15) is 5.82 Å². The van der Waals surface area contributed by atoms with Crippen LogP contribution in [0.1, 0.15) is 49.4 Å². The number of benzene rings is 1. The largest absolute Gasteiger partial charge is 0.492 e. The van der Waals surface area contributed by atoms with Gasteiger partial charge in [0.2, 0.25) is 13.2 Å². The second-order valence-corrected chi connectivity index (χ2v) is 11.6. The molecule has 2 aromatic heterocycles. The van der Waals surface area contributed by atoms with Crippen molar-refractivity contribution in [3.63, 3.8) is 0 Å². The second-order valence-electron chi connectivity index (χ2n) is 8.80. The molecule has 0 radical (unpaired) electrons. The topological polar surface area (TPSA) is 88.1 Å². The zero-order chi connectivity index (χ0) is 20.6. The van der Waals surface area contributed by atoms with Crippen molar-refractivity contribution in [1.29, 1.82) is 0 Å². The maximum atomic E-state index is 13.8. The fourth-order valence-electron chi connectivity index (χ4n) is 3.83. The summed E-state index contributed by atoms with van der Waals surface area (Å²) in [6, 6.07) is 10.1. The van der Waals surface area contributed by atoms with Gasteiger partial charge in [-0.05, 0) is 49.3 Å². The summed E-state index contributed by atoms with van der Waals surface area (Å²) in [6.45, 7) is 6.51. The number of aromatic hydroxyl groups is 1. The van der Waals surface area contributed by atoms with E-state index in [4.69, 9.17) is 4.52 Å². The van der Waals surface area contributed by atoms with Gasteiger partial charge in [0.15, 0.2) is 0 Å². The highest BCUT2D eigenvalue weighted by molar-refractivity contribution is 7.59. The van der Waals surface area contributed by atoms with Crippen LogP contribution < -0.4 is 0 Å². The number of nitrogens with one attached hydrogen (secondary N) is 1. The molecule has 6 nitrogen and oxygen atoms in total. The number of aromatic nitrogens is 3. The van der Waals surface area contributed by atoms with Crippen molar-refractivity contribution in [3.8, 4) is 5.88 Å². The predicted molar refractivity (Wildman–Crippen MR) is 115 cm³/mol. The van der Waals surface area contributed by atoms with E-state index in [0.29, 0.717) is 37.1 Å². The first-order valence-electron chi connectivity index (χ1n) is 10.1. The number of rotatable bonds is 5. The minimum Gasteiger partial charge on any atom is -0.492 e. The first-order chi connectivity index (χ1) is 13.8. The Morgan fingerprint density at radius 1 is 1.34 bits per heavy atom. The summed E-state index contributed by atoms with van der Waals surface area (Å²) in [5, 5.41) is 11.1. The van der Waals surface area contributed by atoms with Crippen LogP contribution in [0.5, 0.6) is 5.88 Å². The number of para-hydroxylation sites is 1. The fraction of sp³-hybridized carbons (Fsp3) is 0.455. The van der Waals surface area contributed by atoms with E-state index < -0.39 is 7.37 Å². The summed E-state index contributed by atoms with van der Waals surface area (Å²) < 4.78 is 19.8. The van der Waals surface area contributed by atoms with Gasteiger partial charge >= 0.3 is 0 Å². The van der Waals surface area contributed by atoms with Crippen LogP contribution in [0.3, 0.4) is 0 Å². The minimum atomic E-state index is -2.94. The maximum absolute atomic E-state index is 13.8. The fourth-order valence-corrected chi connectivity index (χ4v) is 6.96. The molecule has 2 atom stereocenters. The first kappa shape index (κ1) is 20.1. The molecule has 4 rings (SSSR count). The van der Waals surface area contributed by atoms with Crippen LogP contribution in [0.4, 0.5) is 0 Å². The van der Waals surface area contributed by atoms with Gasteiger partial charge in [0.25, 0.3) is 0 Å². The van der Waals surface area contributed by atoms with Crippen LogP contribution in [0.25, 0.3) is 10.9 Å². The van der Waals surface area contributed by atoms with Gasteiger partial charge < -0.3 is 14.6 Å². The molecule has 1 aliphatic heterocycles. The highest BCUT2D eigenvalue weighted by Gasteiger charge is 2.43. The van der Waals surface area contributed by atoms with Gasteiger partial charge in [0.05, 0.1) is 23.5 Å². The summed E-state index contributed by atoms with van der Waals surface area (Å²) in [7, 11) is -2.94. The van der Waals surface area contributed by atoms with E-state index in [1.165, 1.54) is 0 Å². The van der Waals surface area contributed by atoms with E-state index in [-0.39, 0.29) is 17.0 Å². The van der Waals surface area contributed by atoms with Crippen molar-refractivity contribution < 1.29 is 14.2 Å². The molecule has 2 N–H and O–H groups in total. The Morgan fingerprint density at radius 3 is 2.83 bits per heavy atom. The Bertz CT molecular complexity index is 1040. The predicted octanol–water partition coefficient (Wildman–Crippen LogP) is 5.37. The number of hydrogen-bond acceptors (Lipinski definition) is 5. The van der Waals surface area contributed by atoms with Crippen molar-refractivity contribution in [2.24, 2.45) is 5.41 Å². The zero-order valence-electron chi connectivity index (χ0n) is 17.2. The smallest absolute Gasteiger partial charge is 0.232 e. The number of hydrogen-bond donors (Lipinski definition) is 2. The van der Waals surface area contributed by atoms with Gasteiger partial charge in [-0.1, -0.05) is 32.0 Å². The molecule has 1 fully saturated rings. The number of fused-ring (bicyclic) bond motifs is 1. The molecule has 3 aromatic rings. The quantitative estimate of drug-likeness (QED) is 0.549. The molecule has 29 heavy (non-hydrogen) atoms. The highest BCUT2D eigenvalue weighted by Crippen LogP contribution is 2.65. The third-order valence-electron chi connectivity index (χ3n) is 5.80. The van der Waals surface area contributed by atoms with E-state index >= 15 is 0 Å². The van der Waals surface area contributed by atoms with Crippen molar-refractivity contribution in [2.45, 2.75) is 45.7 Å². The Hall–Kier alpha value is -2.17. The maximum Gasteiger partial charge on any atom is 0.232 e. The number of imidazole rings is 1. The summed E-state index contributed by atoms with van der Waals surface area (Å²) >= 11 is 0.